The van der Waals surface area contributed by atoms with E-state index < -0.39 is 0 Å². The summed E-state index contributed by atoms with van der Waals surface area (Å²) in [4.78, 5) is 13.4. The average molecular weight is 255 g/mol. The molecule has 2 rings (SSSR count). The van der Waals surface area contributed by atoms with E-state index in [1.54, 1.807) is 11.0 Å². The van der Waals surface area contributed by atoms with Crippen LogP contribution in [-0.4, -0.2) is 35.7 Å². The van der Waals surface area contributed by atoms with Crippen LogP contribution in [0.25, 0.3) is 0 Å². The van der Waals surface area contributed by atoms with E-state index in [9.17, 15) is 4.79 Å². The van der Waals surface area contributed by atoms with E-state index in [0.717, 1.165) is 5.56 Å². The van der Waals surface area contributed by atoms with E-state index in [4.69, 9.17) is 16.7 Å². The van der Waals surface area contributed by atoms with Gasteiger partial charge < -0.3 is 15.3 Å². The molecular formula is C12H15ClN2O2. The number of carbonyl (C=O) groups is 1. The summed E-state index contributed by atoms with van der Waals surface area (Å²) in [7, 11) is 0. The monoisotopic (exact) mass is 254 g/mol. The number of likely N-dealkylation sites (tertiary alicyclic amines) is 1. The van der Waals surface area contributed by atoms with Gasteiger partial charge in [0.15, 0.2) is 0 Å². The van der Waals surface area contributed by atoms with Crippen molar-refractivity contribution >= 4 is 23.3 Å². The average Bonchev–Trinajstić information content (AvgIpc) is 2.22. The minimum atomic E-state index is -0.144. The third kappa shape index (κ3) is 2.70. The van der Waals surface area contributed by atoms with Crippen molar-refractivity contribution in [1.82, 2.24) is 4.90 Å². The highest BCUT2D eigenvalue weighted by molar-refractivity contribution is 6.31. The van der Waals surface area contributed by atoms with Crippen LogP contribution in [0.2, 0.25) is 5.02 Å². The van der Waals surface area contributed by atoms with E-state index in [-0.39, 0.29) is 18.6 Å². The van der Waals surface area contributed by atoms with Gasteiger partial charge in [0.2, 0.25) is 0 Å². The molecule has 0 aromatic heterocycles. The summed E-state index contributed by atoms with van der Waals surface area (Å²) in [5, 5.41) is 12.3. The lowest BCUT2D eigenvalue weighted by atomic mass is 10.0. The second kappa shape index (κ2) is 4.94. The van der Waals surface area contributed by atoms with Crippen LogP contribution < -0.4 is 5.32 Å². The molecule has 1 aromatic carbocycles. The van der Waals surface area contributed by atoms with Gasteiger partial charge in [-0.2, -0.15) is 0 Å². The first kappa shape index (κ1) is 12.2. The van der Waals surface area contributed by atoms with Crippen LogP contribution in [0.1, 0.15) is 5.56 Å². The number of urea groups is 1. The highest BCUT2D eigenvalue weighted by atomic mass is 35.5. The van der Waals surface area contributed by atoms with Crippen molar-refractivity contribution in [2.75, 3.05) is 25.0 Å². The predicted molar refractivity (Wildman–Crippen MR) is 67.4 cm³/mol. The normalized spacial score (nSPS) is 15.6. The lowest BCUT2D eigenvalue weighted by molar-refractivity contribution is 0.0838. The third-order valence-electron chi connectivity index (χ3n) is 2.93. The van der Waals surface area contributed by atoms with Crippen LogP contribution in [0, 0.1) is 12.8 Å². The summed E-state index contributed by atoms with van der Waals surface area (Å²) in [6, 6.07) is 5.28. The molecule has 1 fully saturated rings. The van der Waals surface area contributed by atoms with Gasteiger partial charge in [0.25, 0.3) is 0 Å². The minimum absolute atomic E-state index is 0.139. The lowest BCUT2D eigenvalue weighted by Crippen LogP contribution is -2.52. The lowest BCUT2D eigenvalue weighted by Gasteiger charge is -2.38. The maximum absolute atomic E-state index is 11.7. The molecular weight excluding hydrogens is 240 g/mol. The summed E-state index contributed by atoms with van der Waals surface area (Å²) >= 11 is 5.97. The van der Waals surface area contributed by atoms with Gasteiger partial charge >= 0.3 is 6.03 Å². The van der Waals surface area contributed by atoms with Gasteiger partial charge in [-0.15, -0.1) is 0 Å². The fourth-order valence-electron chi connectivity index (χ4n) is 1.72. The van der Waals surface area contributed by atoms with Crippen LogP contribution in [0.15, 0.2) is 18.2 Å². The molecule has 17 heavy (non-hydrogen) atoms. The Bertz CT molecular complexity index is 431. The largest absolute Gasteiger partial charge is 0.396 e. The summed E-state index contributed by atoms with van der Waals surface area (Å²) in [6.45, 7) is 3.28. The van der Waals surface area contributed by atoms with Gasteiger partial charge in [0, 0.05) is 36.3 Å². The molecule has 1 aromatic rings. The van der Waals surface area contributed by atoms with Crippen LogP contribution in [0.3, 0.4) is 0 Å². The first-order valence-electron chi connectivity index (χ1n) is 5.53. The van der Waals surface area contributed by atoms with Crippen molar-refractivity contribution < 1.29 is 9.90 Å². The first-order valence-corrected chi connectivity index (χ1v) is 5.91. The minimum Gasteiger partial charge on any atom is -0.396 e. The number of rotatable bonds is 2. The molecule has 1 heterocycles. The second-order valence-corrected chi connectivity index (χ2v) is 4.75. The molecule has 0 radical (unpaired) electrons. The molecule has 0 saturated carbocycles. The van der Waals surface area contributed by atoms with Crippen molar-refractivity contribution in [3.63, 3.8) is 0 Å². The topological polar surface area (TPSA) is 52.6 Å². The SMILES string of the molecule is Cc1ccc(NC(=O)N2CC(CO)C2)cc1Cl. The maximum atomic E-state index is 11.7. The molecule has 0 unspecified atom stereocenters. The Labute approximate surface area is 105 Å². The number of benzene rings is 1. The molecule has 2 N–H and O–H groups in total. The van der Waals surface area contributed by atoms with Gasteiger partial charge in [0.1, 0.15) is 0 Å². The fourth-order valence-corrected chi connectivity index (χ4v) is 1.90. The van der Waals surface area contributed by atoms with Gasteiger partial charge in [0.05, 0.1) is 0 Å². The van der Waals surface area contributed by atoms with Crippen LogP contribution >= 0.6 is 11.6 Å². The molecule has 1 aliphatic heterocycles. The number of anilines is 1. The van der Waals surface area contributed by atoms with Gasteiger partial charge in [-0.3, -0.25) is 0 Å². The first-order chi connectivity index (χ1) is 8.10. The number of hydrogen-bond donors (Lipinski definition) is 2. The van der Waals surface area contributed by atoms with E-state index in [1.807, 2.05) is 19.1 Å². The van der Waals surface area contributed by atoms with Crippen LogP contribution in [0.4, 0.5) is 10.5 Å². The van der Waals surface area contributed by atoms with E-state index >= 15 is 0 Å². The van der Waals surface area contributed by atoms with E-state index in [1.165, 1.54) is 0 Å². The predicted octanol–water partition coefficient (Wildman–Crippen LogP) is 2.10. The molecule has 4 nitrogen and oxygen atoms in total. The zero-order chi connectivity index (χ0) is 12.4. The number of halogens is 1. The van der Waals surface area contributed by atoms with Crippen molar-refractivity contribution in [1.29, 1.82) is 0 Å². The third-order valence-corrected chi connectivity index (χ3v) is 3.33. The molecule has 0 aliphatic carbocycles. The Morgan fingerprint density at radius 3 is 2.88 bits per heavy atom. The standard InChI is InChI=1S/C12H15ClN2O2/c1-8-2-3-10(4-11(8)13)14-12(17)15-5-9(6-15)7-16/h2-4,9,16H,5-7H2,1H3,(H,14,17). The van der Waals surface area contributed by atoms with Crippen molar-refractivity contribution in [3.8, 4) is 0 Å². The van der Waals surface area contributed by atoms with Crippen molar-refractivity contribution in [3.05, 3.63) is 28.8 Å². The van der Waals surface area contributed by atoms with Crippen molar-refractivity contribution in [2.24, 2.45) is 5.92 Å². The second-order valence-electron chi connectivity index (χ2n) is 4.35. The summed E-state index contributed by atoms with van der Waals surface area (Å²) in [5.41, 5.74) is 1.67. The maximum Gasteiger partial charge on any atom is 0.321 e. The number of aliphatic hydroxyl groups excluding tert-OH is 1. The van der Waals surface area contributed by atoms with Crippen molar-refractivity contribution in [2.45, 2.75) is 6.92 Å². The van der Waals surface area contributed by atoms with E-state index in [2.05, 4.69) is 5.32 Å². The van der Waals surface area contributed by atoms with Gasteiger partial charge in [-0.05, 0) is 24.6 Å². The fraction of sp³-hybridized carbons (Fsp3) is 0.417. The number of hydrogen-bond acceptors (Lipinski definition) is 2. The zero-order valence-corrected chi connectivity index (χ0v) is 10.4. The Kier molecular flexibility index (Phi) is 3.54. The van der Waals surface area contributed by atoms with Gasteiger partial charge in [-0.25, -0.2) is 4.79 Å². The summed E-state index contributed by atoms with van der Waals surface area (Å²) in [5.74, 6) is 0.224. The Morgan fingerprint density at radius 1 is 1.59 bits per heavy atom. The van der Waals surface area contributed by atoms with Crippen LogP contribution in [-0.2, 0) is 0 Å². The number of aryl methyl sites for hydroxylation is 1. The molecule has 1 saturated heterocycles. The Hall–Kier alpha value is -1.26. The number of nitrogens with zero attached hydrogens (tertiary/aromatic N) is 1. The Balaban J connectivity index is 1.92. The molecule has 0 atom stereocenters. The zero-order valence-electron chi connectivity index (χ0n) is 9.61. The molecule has 2 amide bonds. The van der Waals surface area contributed by atoms with E-state index in [0.29, 0.717) is 23.8 Å². The summed E-state index contributed by atoms with van der Waals surface area (Å²) in [6.07, 6.45) is 0. The molecule has 92 valence electrons. The molecule has 1 aliphatic rings. The highest BCUT2D eigenvalue weighted by Crippen LogP contribution is 2.21. The smallest absolute Gasteiger partial charge is 0.321 e. The Morgan fingerprint density at radius 2 is 2.29 bits per heavy atom. The molecule has 0 bridgehead atoms. The highest BCUT2D eigenvalue weighted by Gasteiger charge is 2.29. The quantitative estimate of drug-likeness (QED) is 0.849. The number of nitrogens with one attached hydrogen (secondary N) is 1. The van der Waals surface area contributed by atoms with Gasteiger partial charge in [-0.1, -0.05) is 17.7 Å². The molecule has 5 heteroatoms. The summed E-state index contributed by atoms with van der Waals surface area (Å²) < 4.78 is 0. The number of carbonyl (C=O) groups excluding carboxylic acids is 1. The van der Waals surface area contributed by atoms with Crippen LogP contribution in [0.5, 0.6) is 0 Å². The number of amides is 2. The molecule has 0 spiro atoms. The number of aliphatic hydroxyl groups is 1.